The highest BCUT2D eigenvalue weighted by molar-refractivity contribution is 6.35. The smallest absolute Gasteiger partial charge is 0.201 e. The molecular formula is C14H19ClN4. The summed E-state index contributed by atoms with van der Waals surface area (Å²) in [5.74, 6) is 1.25. The summed E-state index contributed by atoms with van der Waals surface area (Å²) in [6.07, 6.45) is 2.44. The van der Waals surface area contributed by atoms with Crippen LogP contribution in [0.1, 0.15) is 12.8 Å². The minimum atomic E-state index is 0.571. The fourth-order valence-electron chi connectivity index (χ4n) is 2.83. The summed E-state index contributed by atoms with van der Waals surface area (Å²) < 4.78 is 2.11. The number of rotatable bonds is 2. The number of para-hydroxylation sites is 1. The molecule has 0 radical (unpaired) electrons. The van der Waals surface area contributed by atoms with Crippen molar-refractivity contribution in [2.75, 3.05) is 25.9 Å². The predicted octanol–water partition coefficient (Wildman–Crippen LogP) is 2.61. The number of imidazole rings is 1. The van der Waals surface area contributed by atoms with Crippen molar-refractivity contribution >= 4 is 28.6 Å². The first-order chi connectivity index (χ1) is 9.15. The van der Waals surface area contributed by atoms with Gasteiger partial charge in [0.25, 0.3) is 0 Å². The molecular weight excluding hydrogens is 260 g/mol. The monoisotopic (exact) mass is 278 g/mol. The third-order valence-corrected chi connectivity index (χ3v) is 4.34. The van der Waals surface area contributed by atoms with Crippen LogP contribution in [0.15, 0.2) is 18.2 Å². The Morgan fingerprint density at radius 1 is 1.37 bits per heavy atom. The van der Waals surface area contributed by atoms with Crippen molar-refractivity contribution in [3.63, 3.8) is 0 Å². The summed E-state index contributed by atoms with van der Waals surface area (Å²) in [7, 11) is 2.18. The van der Waals surface area contributed by atoms with E-state index in [9.17, 15) is 0 Å². The molecule has 1 aliphatic rings. The number of halogens is 1. The number of hydrogen-bond acceptors (Lipinski definition) is 3. The molecule has 5 heteroatoms. The number of aromatic nitrogens is 2. The normalized spacial score (nSPS) is 18.2. The molecule has 0 unspecified atom stereocenters. The molecule has 0 amide bonds. The summed E-state index contributed by atoms with van der Waals surface area (Å²) in [6, 6.07) is 5.85. The number of fused-ring (bicyclic) bond motifs is 1. The average Bonchev–Trinajstić information content (AvgIpc) is 2.71. The summed E-state index contributed by atoms with van der Waals surface area (Å²) in [5, 5.41) is 0.673. The van der Waals surface area contributed by atoms with E-state index in [1.54, 1.807) is 0 Å². The number of nitrogen functional groups attached to an aromatic ring is 1. The van der Waals surface area contributed by atoms with Gasteiger partial charge in [0.15, 0.2) is 0 Å². The Bertz CT molecular complexity index is 584. The Kier molecular flexibility index (Phi) is 3.37. The second-order valence-corrected chi connectivity index (χ2v) is 5.84. The van der Waals surface area contributed by atoms with Crippen molar-refractivity contribution < 1.29 is 0 Å². The molecule has 0 atom stereocenters. The van der Waals surface area contributed by atoms with E-state index in [-0.39, 0.29) is 0 Å². The van der Waals surface area contributed by atoms with Crippen molar-refractivity contribution in [1.82, 2.24) is 14.5 Å². The van der Waals surface area contributed by atoms with Crippen LogP contribution in [-0.4, -0.2) is 34.6 Å². The van der Waals surface area contributed by atoms with Crippen LogP contribution in [0.25, 0.3) is 11.0 Å². The molecule has 19 heavy (non-hydrogen) atoms. The molecule has 1 fully saturated rings. The Hall–Kier alpha value is -1.26. The van der Waals surface area contributed by atoms with Crippen molar-refractivity contribution in [1.29, 1.82) is 0 Å². The third-order valence-electron chi connectivity index (χ3n) is 4.04. The number of anilines is 1. The molecule has 2 aromatic rings. The van der Waals surface area contributed by atoms with Gasteiger partial charge in [-0.3, -0.25) is 0 Å². The topological polar surface area (TPSA) is 47.1 Å². The van der Waals surface area contributed by atoms with Gasteiger partial charge in [-0.05, 0) is 51.0 Å². The predicted molar refractivity (Wildman–Crippen MR) is 79.4 cm³/mol. The van der Waals surface area contributed by atoms with Gasteiger partial charge in [-0.25, -0.2) is 4.98 Å². The molecule has 1 aliphatic heterocycles. The molecule has 102 valence electrons. The molecule has 1 aromatic carbocycles. The van der Waals surface area contributed by atoms with Gasteiger partial charge in [0.2, 0.25) is 5.95 Å². The molecule has 1 aromatic heterocycles. The zero-order valence-electron chi connectivity index (χ0n) is 11.1. The van der Waals surface area contributed by atoms with Gasteiger partial charge >= 0.3 is 0 Å². The van der Waals surface area contributed by atoms with Gasteiger partial charge in [0.05, 0.1) is 10.5 Å². The minimum absolute atomic E-state index is 0.571. The first-order valence-electron chi connectivity index (χ1n) is 6.74. The SMILES string of the molecule is CN1CCC(Cn2c(N)nc3c(Cl)cccc32)CC1. The molecule has 0 spiro atoms. The number of nitrogens with two attached hydrogens (primary N) is 1. The second kappa shape index (κ2) is 5.02. The Morgan fingerprint density at radius 2 is 2.11 bits per heavy atom. The van der Waals surface area contributed by atoms with Crippen LogP contribution < -0.4 is 5.73 Å². The average molecular weight is 279 g/mol. The van der Waals surface area contributed by atoms with Crippen molar-refractivity contribution in [2.45, 2.75) is 19.4 Å². The lowest BCUT2D eigenvalue weighted by Gasteiger charge is -2.29. The van der Waals surface area contributed by atoms with E-state index in [1.165, 1.54) is 12.8 Å². The van der Waals surface area contributed by atoms with Gasteiger partial charge in [0.1, 0.15) is 5.52 Å². The van der Waals surface area contributed by atoms with Crippen molar-refractivity contribution in [3.8, 4) is 0 Å². The van der Waals surface area contributed by atoms with Crippen molar-refractivity contribution in [3.05, 3.63) is 23.2 Å². The molecule has 0 bridgehead atoms. The van der Waals surface area contributed by atoms with E-state index in [2.05, 4.69) is 21.5 Å². The quantitative estimate of drug-likeness (QED) is 0.919. The van der Waals surface area contributed by atoms with E-state index < -0.39 is 0 Å². The van der Waals surface area contributed by atoms with Crippen LogP contribution in [0, 0.1) is 5.92 Å². The van der Waals surface area contributed by atoms with Gasteiger partial charge in [-0.15, -0.1) is 0 Å². The highest BCUT2D eigenvalue weighted by atomic mass is 35.5. The second-order valence-electron chi connectivity index (χ2n) is 5.43. The van der Waals surface area contributed by atoms with Crippen LogP contribution in [-0.2, 0) is 6.54 Å². The van der Waals surface area contributed by atoms with Gasteiger partial charge in [-0.2, -0.15) is 0 Å². The third kappa shape index (κ3) is 2.42. The number of hydrogen-bond donors (Lipinski definition) is 1. The molecule has 1 saturated heterocycles. The molecule has 2 N–H and O–H groups in total. The number of benzene rings is 1. The Balaban J connectivity index is 1.88. The van der Waals surface area contributed by atoms with E-state index in [4.69, 9.17) is 17.3 Å². The number of piperidine rings is 1. The van der Waals surface area contributed by atoms with E-state index >= 15 is 0 Å². The molecule has 0 saturated carbocycles. The van der Waals surface area contributed by atoms with Gasteiger partial charge < -0.3 is 15.2 Å². The summed E-state index contributed by atoms with van der Waals surface area (Å²) in [4.78, 5) is 6.77. The Labute approximate surface area is 118 Å². The summed E-state index contributed by atoms with van der Waals surface area (Å²) in [5.41, 5.74) is 7.91. The summed E-state index contributed by atoms with van der Waals surface area (Å²) >= 11 is 6.17. The van der Waals surface area contributed by atoms with Gasteiger partial charge in [-0.1, -0.05) is 17.7 Å². The van der Waals surface area contributed by atoms with Crippen LogP contribution in [0.4, 0.5) is 5.95 Å². The van der Waals surface area contributed by atoms with Crippen molar-refractivity contribution in [2.24, 2.45) is 5.92 Å². The number of nitrogens with zero attached hydrogens (tertiary/aromatic N) is 3. The van der Waals surface area contributed by atoms with Crippen LogP contribution in [0.2, 0.25) is 5.02 Å². The van der Waals surface area contributed by atoms with Crippen LogP contribution in [0.5, 0.6) is 0 Å². The zero-order chi connectivity index (χ0) is 13.4. The lowest BCUT2D eigenvalue weighted by molar-refractivity contribution is 0.206. The van der Waals surface area contributed by atoms with Crippen LogP contribution >= 0.6 is 11.6 Å². The molecule has 3 rings (SSSR count). The Morgan fingerprint density at radius 3 is 2.84 bits per heavy atom. The largest absolute Gasteiger partial charge is 0.369 e. The highest BCUT2D eigenvalue weighted by Gasteiger charge is 2.19. The fraction of sp³-hybridized carbons (Fsp3) is 0.500. The van der Waals surface area contributed by atoms with E-state index in [0.717, 1.165) is 30.7 Å². The molecule has 0 aliphatic carbocycles. The lowest BCUT2D eigenvalue weighted by atomic mass is 9.97. The maximum absolute atomic E-state index is 6.17. The maximum Gasteiger partial charge on any atom is 0.201 e. The van der Waals surface area contributed by atoms with E-state index in [1.807, 2.05) is 18.2 Å². The first kappa shape index (κ1) is 12.8. The highest BCUT2D eigenvalue weighted by Crippen LogP contribution is 2.27. The van der Waals surface area contributed by atoms with E-state index in [0.29, 0.717) is 16.9 Å². The minimum Gasteiger partial charge on any atom is -0.369 e. The van der Waals surface area contributed by atoms with Crippen LogP contribution in [0.3, 0.4) is 0 Å². The summed E-state index contributed by atoms with van der Waals surface area (Å²) in [6.45, 7) is 3.27. The first-order valence-corrected chi connectivity index (χ1v) is 7.11. The lowest BCUT2D eigenvalue weighted by Crippen LogP contribution is -2.32. The molecule has 4 nitrogen and oxygen atoms in total. The standard InChI is InChI=1S/C14H19ClN4/c1-18-7-5-10(6-8-18)9-19-12-4-2-3-11(15)13(12)17-14(19)16/h2-4,10H,5-9H2,1H3,(H2,16,17). The zero-order valence-corrected chi connectivity index (χ0v) is 11.9. The van der Waals surface area contributed by atoms with Gasteiger partial charge in [0, 0.05) is 6.54 Å². The fourth-order valence-corrected chi connectivity index (χ4v) is 3.04. The maximum atomic E-state index is 6.17. The number of likely N-dealkylation sites (tertiary alicyclic amines) is 1. The molecule has 2 heterocycles.